The van der Waals surface area contributed by atoms with Gasteiger partial charge in [0.15, 0.2) is 0 Å². The third kappa shape index (κ3) is 2.12. The third-order valence-corrected chi connectivity index (χ3v) is 3.85. The SMILES string of the molecule is BrCc1cnc(N2CCCc3ccccc32)nc1. The zero-order chi connectivity index (χ0) is 12.4. The van der Waals surface area contributed by atoms with Gasteiger partial charge in [0.2, 0.25) is 5.95 Å². The van der Waals surface area contributed by atoms with Gasteiger partial charge in [-0.2, -0.15) is 0 Å². The van der Waals surface area contributed by atoms with Crippen molar-refractivity contribution < 1.29 is 0 Å². The third-order valence-electron chi connectivity index (χ3n) is 3.20. The molecule has 92 valence electrons. The maximum Gasteiger partial charge on any atom is 0.229 e. The lowest BCUT2D eigenvalue weighted by atomic mass is 10.0. The average Bonchev–Trinajstić information content (AvgIpc) is 2.47. The first-order chi connectivity index (χ1) is 8.88. The number of nitrogens with zero attached hydrogens (tertiary/aromatic N) is 3. The maximum atomic E-state index is 4.46. The van der Waals surface area contributed by atoms with Crippen LogP contribution in [0.2, 0.25) is 0 Å². The molecule has 4 heteroatoms. The molecule has 0 atom stereocenters. The first kappa shape index (κ1) is 11.7. The molecule has 0 saturated heterocycles. The Hall–Kier alpha value is -1.42. The van der Waals surface area contributed by atoms with Gasteiger partial charge in [-0.1, -0.05) is 34.1 Å². The van der Waals surface area contributed by atoms with Crippen LogP contribution in [0.5, 0.6) is 0 Å². The molecule has 0 unspecified atom stereocenters. The summed E-state index contributed by atoms with van der Waals surface area (Å²) in [7, 11) is 0. The fourth-order valence-electron chi connectivity index (χ4n) is 2.30. The Labute approximate surface area is 115 Å². The summed E-state index contributed by atoms with van der Waals surface area (Å²) in [5, 5.41) is 0.796. The van der Waals surface area contributed by atoms with Crippen molar-refractivity contribution in [1.29, 1.82) is 0 Å². The molecule has 18 heavy (non-hydrogen) atoms. The normalized spacial score (nSPS) is 14.4. The molecular weight excluding hydrogens is 290 g/mol. The predicted molar refractivity (Wildman–Crippen MR) is 76.4 cm³/mol. The fraction of sp³-hybridized carbons (Fsp3) is 0.286. The van der Waals surface area contributed by atoms with Gasteiger partial charge in [-0.3, -0.25) is 0 Å². The summed E-state index contributed by atoms with van der Waals surface area (Å²) in [4.78, 5) is 11.1. The van der Waals surface area contributed by atoms with E-state index in [1.165, 1.54) is 11.3 Å². The highest BCUT2D eigenvalue weighted by Gasteiger charge is 2.19. The van der Waals surface area contributed by atoms with E-state index >= 15 is 0 Å². The van der Waals surface area contributed by atoms with Crippen molar-refractivity contribution in [2.45, 2.75) is 18.2 Å². The number of para-hydroxylation sites is 1. The number of alkyl halides is 1. The summed E-state index contributed by atoms with van der Waals surface area (Å²) >= 11 is 3.41. The molecule has 0 amide bonds. The average molecular weight is 304 g/mol. The summed E-state index contributed by atoms with van der Waals surface area (Å²) in [6.07, 6.45) is 6.06. The van der Waals surface area contributed by atoms with Gasteiger partial charge in [-0.15, -0.1) is 0 Å². The van der Waals surface area contributed by atoms with Gasteiger partial charge in [0.25, 0.3) is 0 Å². The van der Waals surface area contributed by atoms with Crippen LogP contribution in [0.15, 0.2) is 36.7 Å². The number of anilines is 2. The van der Waals surface area contributed by atoms with Crippen molar-refractivity contribution in [2.24, 2.45) is 0 Å². The first-order valence-corrected chi connectivity index (χ1v) is 7.23. The summed E-state index contributed by atoms with van der Waals surface area (Å²) in [6.45, 7) is 0.991. The molecule has 0 radical (unpaired) electrons. The molecule has 0 fully saturated rings. The monoisotopic (exact) mass is 303 g/mol. The van der Waals surface area contributed by atoms with Crippen molar-refractivity contribution in [3.63, 3.8) is 0 Å². The quantitative estimate of drug-likeness (QED) is 0.796. The molecule has 1 aromatic carbocycles. The maximum absolute atomic E-state index is 4.46. The molecule has 0 bridgehead atoms. The predicted octanol–water partition coefficient (Wildman–Crippen LogP) is 3.46. The summed E-state index contributed by atoms with van der Waals surface area (Å²) < 4.78 is 0. The molecule has 0 spiro atoms. The molecule has 3 nitrogen and oxygen atoms in total. The second kappa shape index (κ2) is 5.06. The number of fused-ring (bicyclic) bond motifs is 1. The number of halogens is 1. The lowest BCUT2D eigenvalue weighted by Gasteiger charge is -2.29. The van der Waals surface area contributed by atoms with Gasteiger partial charge in [0, 0.05) is 30.0 Å². The Kier molecular flexibility index (Phi) is 3.28. The van der Waals surface area contributed by atoms with Crippen molar-refractivity contribution in [3.05, 3.63) is 47.8 Å². The Balaban J connectivity index is 1.97. The van der Waals surface area contributed by atoms with Gasteiger partial charge in [0.1, 0.15) is 0 Å². The molecule has 2 aromatic rings. The summed E-state index contributed by atoms with van der Waals surface area (Å²) in [5.41, 5.74) is 3.73. The highest BCUT2D eigenvalue weighted by molar-refractivity contribution is 9.08. The topological polar surface area (TPSA) is 29.0 Å². The smallest absolute Gasteiger partial charge is 0.229 e. The Morgan fingerprint density at radius 3 is 2.72 bits per heavy atom. The van der Waals surface area contributed by atoms with Gasteiger partial charge >= 0.3 is 0 Å². The zero-order valence-corrected chi connectivity index (χ0v) is 11.6. The molecule has 3 rings (SSSR count). The van der Waals surface area contributed by atoms with Gasteiger partial charge in [-0.25, -0.2) is 9.97 Å². The van der Waals surface area contributed by atoms with E-state index in [2.05, 4.69) is 55.1 Å². The van der Waals surface area contributed by atoms with E-state index in [1.807, 2.05) is 12.4 Å². The van der Waals surface area contributed by atoms with Crippen LogP contribution in [-0.4, -0.2) is 16.5 Å². The lowest BCUT2D eigenvalue weighted by molar-refractivity contribution is 0.749. The van der Waals surface area contributed by atoms with E-state index in [4.69, 9.17) is 0 Å². The minimum atomic E-state index is 0.796. The van der Waals surface area contributed by atoms with Crippen molar-refractivity contribution in [2.75, 3.05) is 11.4 Å². The van der Waals surface area contributed by atoms with Crippen LogP contribution in [0, 0.1) is 0 Å². The van der Waals surface area contributed by atoms with E-state index in [9.17, 15) is 0 Å². The van der Waals surface area contributed by atoms with Crippen LogP contribution in [0.1, 0.15) is 17.5 Å². The second-order valence-corrected chi connectivity index (χ2v) is 4.97. The lowest BCUT2D eigenvalue weighted by Crippen LogP contribution is -2.26. The summed E-state index contributed by atoms with van der Waals surface area (Å²) in [6, 6.07) is 8.51. The fourth-order valence-corrected chi connectivity index (χ4v) is 2.59. The van der Waals surface area contributed by atoms with E-state index in [0.29, 0.717) is 0 Å². The van der Waals surface area contributed by atoms with E-state index in [0.717, 1.165) is 36.2 Å². The van der Waals surface area contributed by atoms with Crippen molar-refractivity contribution in [3.8, 4) is 0 Å². The molecule has 2 heterocycles. The van der Waals surface area contributed by atoms with Crippen LogP contribution in [0.4, 0.5) is 11.6 Å². The Morgan fingerprint density at radius 1 is 1.17 bits per heavy atom. The van der Waals surface area contributed by atoms with E-state index in [-0.39, 0.29) is 0 Å². The second-order valence-electron chi connectivity index (χ2n) is 4.41. The minimum absolute atomic E-state index is 0.796. The molecule has 1 aromatic heterocycles. The standard InChI is InChI=1S/C14H14BrN3/c15-8-11-9-16-14(17-10-11)18-7-3-5-12-4-1-2-6-13(12)18/h1-2,4,6,9-10H,3,5,7-8H2. The summed E-state index contributed by atoms with van der Waals surface area (Å²) in [5.74, 6) is 0.798. The van der Waals surface area contributed by atoms with Gasteiger partial charge in [0.05, 0.1) is 0 Å². The Bertz CT molecular complexity index is 539. The van der Waals surface area contributed by atoms with Crippen molar-refractivity contribution in [1.82, 2.24) is 9.97 Å². The number of hydrogen-bond acceptors (Lipinski definition) is 3. The van der Waals surface area contributed by atoms with Crippen LogP contribution >= 0.6 is 15.9 Å². The van der Waals surface area contributed by atoms with Gasteiger partial charge < -0.3 is 4.90 Å². The molecule has 0 aliphatic carbocycles. The highest BCUT2D eigenvalue weighted by atomic mass is 79.9. The number of hydrogen-bond donors (Lipinski definition) is 0. The first-order valence-electron chi connectivity index (χ1n) is 6.11. The zero-order valence-electron chi connectivity index (χ0n) is 10.0. The van der Waals surface area contributed by atoms with E-state index in [1.54, 1.807) is 0 Å². The van der Waals surface area contributed by atoms with Crippen LogP contribution in [0.3, 0.4) is 0 Å². The molecule has 1 aliphatic heterocycles. The number of rotatable bonds is 2. The number of aryl methyl sites for hydroxylation is 1. The molecule has 0 saturated carbocycles. The van der Waals surface area contributed by atoms with Gasteiger partial charge in [-0.05, 0) is 30.0 Å². The Morgan fingerprint density at radius 2 is 1.94 bits per heavy atom. The molecular formula is C14H14BrN3. The van der Waals surface area contributed by atoms with E-state index < -0.39 is 0 Å². The number of aromatic nitrogens is 2. The van der Waals surface area contributed by atoms with Crippen molar-refractivity contribution >= 4 is 27.6 Å². The minimum Gasteiger partial charge on any atom is -0.310 e. The van der Waals surface area contributed by atoms with Crippen LogP contribution in [-0.2, 0) is 11.8 Å². The van der Waals surface area contributed by atoms with Crippen LogP contribution < -0.4 is 4.90 Å². The largest absolute Gasteiger partial charge is 0.310 e. The molecule has 0 N–H and O–H groups in total. The highest BCUT2D eigenvalue weighted by Crippen LogP contribution is 2.30. The molecule has 1 aliphatic rings. The van der Waals surface area contributed by atoms with Crippen LogP contribution in [0.25, 0.3) is 0 Å². The number of benzene rings is 1.